The SMILES string of the molecule is CCN1C(=O)c2cc(C)c(C)c(C)c2C1=O. The van der Waals surface area contributed by atoms with Crippen LogP contribution in [-0.4, -0.2) is 23.3 Å². The number of rotatable bonds is 1. The highest BCUT2D eigenvalue weighted by Crippen LogP contribution is 2.29. The van der Waals surface area contributed by atoms with Crippen molar-refractivity contribution in [3.8, 4) is 0 Å². The fourth-order valence-corrected chi connectivity index (χ4v) is 2.19. The third-order valence-electron chi connectivity index (χ3n) is 3.41. The van der Waals surface area contributed by atoms with E-state index >= 15 is 0 Å². The van der Waals surface area contributed by atoms with E-state index < -0.39 is 0 Å². The monoisotopic (exact) mass is 217 g/mol. The van der Waals surface area contributed by atoms with E-state index in [1.165, 1.54) is 4.90 Å². The maximum absolute atomic E-state index is 12.0. The zero-order valence-corrected chi connectivity index (χ0v) is 10.0. The molecule has 0 atom stereocenters. The summed E-state index contributed by atoms with van der Waals surface area (Å²) in [5.41, 5.74) is 4.25. The van der Waals surface area contributed by atoms with Crippen LogP contribution in [0.1, 0.15) is 44.3 Å². The van der Waals surface area contributed by atoms with Crippen molar-refractivity contribution in [3.05, 3.63) is 33.9 Å². The average Bonchev–Trinajstić information content (AvgIpc) is 2.48. The molecule has 16 heavy (non-hydrogen) atoms. The Morgan fingerprint density at radius 1 is 1.06 bits per heavy atom. The predicted molar refractivity (Wildman–Crippen MR) is 61.7 cm³/mol. The van der Waals surface area contributed by atoms with Crippen molar-refractivity contribution >= 4 is 11.8 Å². The van der Waals surface area contributed by atoms with Crippen LogP contribution >= 0.6 is 0 Å². The summed E-state index contributed by atoms with van der Waals surface area (Å²) in [6, 6.07) is 1.83. The van der Waals surface area contributed by atoms with Gasteiger partial charge in [0.2, 0.25) is 0 Å². The number of aryl methyl sites for hydroxylation is 1. The van der Waals surface area contributed by atoms with Crippen molar-refractivity contribution in [2.75, 3.05) is 6.54 Å². The summed E-state index contributed by atoms with van der Waals surface area (Å²) in [5, 5.41) is 0. The first-order chi connectivity index (χ1) is 7.49. The summed E-state index contributed by atoms with van der Waals surface area (Å²) < 4.78 is 0. The lowest BCUT2D eigenvalue weighted by Crippen LogP contribution is -2.29. The summed E-state index contributed by atoms with van der Waals surface area (Å²) in [5.74, 6) is -0.309. The van der Waals surface area contributed by atoms with Crippen molar-refractivity contribution in [2.45, 2.75) is 27.7 Å². The van der Waals surface area contributed by atoms with Gasteiger partial charge in [-0.1, -0.05) is 0 Å². The second-order valence-corrected chi connectivity index (χ2v) is 4.22. The summed E-state index contributed by atoms with van der Waals surface area (Å²) in [6.07, 6.45) is 0. The Balaban J connectivity index is 2.73. The largest absolute Gasteiger partial charge is 0.275 e. The zero-order valence-electron chi connectivity index (χ0n) is 10.0. The van der Waals surface area contributed by atoms with E-state index in [4.69, 9.17) is 0 Å². The smallest absolute Gasteiger partial charge is 0.261 e. The van der Waals surface area contributed by atoms with Gasteiger partial charge in [0.15, 0.2) is 0 Å². The molecule has 0 aromatic heterocycles. The Hall–Kier alpha value is -1.64. The van der Waals surface area contributed by atoms with Gasteiger partial charge in [0, 0.05) is 6.54 Å². The number of nitrogens with zero attached hydrogens (tertiary/aromatic N) is 1. The van der Waals surface area contributed by atoms with Crippen LogP contribution in [0.2, 0.25) is 0 Å². The van der Waals surface area contributed by atoms with Gasteiger partial charge in [-0.05, 0) is 50.5 Å². The minimum absolute atomic E-state index is 0.150. The highest BCUT2D eigenvalue weighted by molar-refractivity contribution is 6.22. The summed E-state index contributed by atoms with van der Waals surface area (Å²) >= 11 is 0. The van der Waals surface area contributed by atoms with E-state index in [-0.39, 0.29) is 11.8 Å². The molecule has 0 spiro atoms. The molecule has 0 radical (unpaired) electrons. The molecule has 1 aromatic carbocycles. The van der Waals surface area contributed by atoms with E-state index in [2.05, 4.69) is 0 Å². The molecule has 0 aliphatic carbocycles. The van der Waals surface area contributed by atoms with Crippen LogP contribution < -0.4 is 0 Å². The van der Waals surface area contributed by atoms with Crippen molar-refractivity contribution in [1.29, 1.82) is 0 Å². The van der Waals surface area contributed by atoms with Gasteiger partial charge >= 0.3 is 0 Å². The molecule has 2 amide bonds. The van der Waals surface area contributed by atoms with Gasteiger partial charge in [-0.2, -0.15) is 0 Å². The predicted octanol–water partition coefficient (Wildman–Crippen LogP) is 2.23. The lowest BCUT2D eigenvalue weighted by molar-refractivity contribution is 0.0662. The Labute approximate surface area is 95.1 Å². The van der Waals surface area contributed by atoms with Crippen LogP contribution in [0.15, 0.2) is 6.07 Å². The molecule has 3 nitrogen and oxygen atoms in total. The molecule has 0 saturated heterocycles. The van der Waals surface area contributed by atoms with Gasteiger partial charge in [-0.25, -0.2) is 0 Å². The van der Waals surface area contributed by atoms with Gasteiger partial charge < -0.3 is 0 Å². The van der Waals surface area contributed by atoms with Gasteiger partial charge in [0.25, 0.3) is 11.8 Å². The molecule has 0 unspecified atom stereocenters. The van der Waals surface area contributed by atoms with Crippen LogP contribution in [0, 0.1) is 20.8 Å². The molecule has 84 valence electrons. The van der Waals surface area contributed by atoms with Gasteiger partial charge in [0.1, 0.15) is 0 Å². The topological polar surface area (TPSA) is 37.4 Å². The molecule has 2 rings (SSSR count). The molecular formula is C13H15NO2. The molecule has 1 aliphatic heterocycles. The van der Waals surface area contributed by atoms with E-state index in [0.29, 0.717) is 17.7 Å². The Bertz CT molecular complexity index is 503. The second kappa shape index (κ2) is 3.44. The van der Waals surface area contributed by atoms with E-state index in [0.717, 1.165) is 16.7 Å². The number of fused-ring (bicyclic) bond motifs is 1. The number of hydrogen-bond acceptors (Lipinski definition) is 2. The first-order valence-electron chi connectivity index (χ1n) is 5.46. The summed E-state index contributed by atoms with van der Waals surface area (Å²) in [4.78, 5) is 25.3. The van der Waals surface area contributed by atoms with Crippen molar-refractivity contribution in [2.24, 2.45) is 0 Å². The highest BCUT2D eigenvalue weighted by Gasteiger charge is 2.36. The molecule has 1 aliphatic rings. The average molecular weight is 217 g/mol. The van der Waals surface area contributed by atoms with Gasteiger partial charge in [0.05, 0.1) is 11.1 Å². The molecule has 0 N–H and O–H groups in total. The van der Waals surface area contributed by atoms with Crippen LogP contribution in [0.3, 0.4) is 0 Å². The van der Waals surface area contributed by atoms with E-state index in [9.17, 15) is 9.59 Å². The quantitative estimate of drug-likeness (QED) is 0.676. The van der Waals surface area contributed by atoms with Crippen LogP contribution in [-0.2, 0) is 0 Å². The minimum atomic E-state index is -0.159. The number of carbonyl (C=O) groups excluding carboxylic acids is 2. The Morgan fingerprint density at radius 2 is 1.69 bits per heavy atom. The first-order valence-corrected chi connectivity index (χ1v) is 5.46. The van der Waals surface area contributed by atoms with E-state index in [1.807, 2.05) is 33.8 Å². The molecule has 0 bridgehead atoms. The first kappa shape index (κ1) is 10.9. The molecule has 0 fully saturated rings. The van der Waals surface area contributed by atoms with Crippen LogP contribution in [0.4, 0.5) is 0 Å². The third-order valence-corrected chi connectivity index (χ3v) is 3.41. The molecule has 0 saturated carbocycles. The standard InChI is InChI=1S/C13H15NO2/c1-5-14-12(15)10-6-7(2)8(3)9(4)11(10)13(14)16/h6H,5H2,1-4H3. The number of hydrogen-bond donors (Lipinski definition) is 0. The molecule has 1 aromatic rings. The van der Waals surface area contributed by atoms with Gasteiger partial charge in [-0.3, -0.25) is 14.5 Å². The summed E-state index contributed by atoms with van der Waals surface area (Å²) in [6.45, 7) is 8.11. The lowest BCUT2D eigenvalue weighted by Gasteiger charge is -2.09. The Kier molecular flexibility index (Phi) is 2.34. The van der Waals surface area contributed by atoms with Crippen molar-refractivity contribution < 1.29 is 9.59 Å². The maximum atomic E-state index is 12.0. The van der Waals surface area contributed by atoms with Gasteiger partial charge in [-0.15, -0.1) is 0 Å². The highest BCUT2D eigenvalue weighted by atomic mass is 16.2. The zero-order chi connectivity index (χ0) is 12.0. The number of benzene rings is 1. The van der Waals surface area contributed by atoms with E-state index in [1.54, 1.807) is 0 Å². The van der Waals surface area contributed by atoms with Crippen molar-refractivity contribution in [1.82, 2.24) is 4.90 Å². The van der Waals surface area contributed by atoms with Crippen LogP contribution in [0.25, 0.3) is 0 Å². The maximum Gasteiger partial charge on any atom is 0.261 e. The Morgan fingerprint density at radius 3 is 2.25 bits per heavy atom. The fourth-order valence-electron chi connectivity index (χ4n) is 2.19. The summed E-state index contributed by atoms with van der Waals surface area (Å²) in [7, 11) is 0. The van der Waals surface area contributed by atoms with Crippen molar-refractivity contribution in [3.63, 3.8) is 0 Å². The number of carbonyl (C=O) groups is 2. The number of amides is 2. The normalized spacial score (nSPS) is 14.6. The second-order valence-electron chi connectivity index (χ2n) is 4.22. The molecule has 3 heteroatoms. The minimum Gasteiger partial charge on any atom is -0.275 e. The molecule has 1 heterocycles. The third kappa shape index (κ3) is 1.21. The molecular weight excluding hydrogens is 202 g/mol. The lowest BCUT2D eigenvalue weighted by atomic mass is 9.95. The fraction of sp³-hybridized carbons (Fsp3) is 0.385. The number of imide groups is 1. The van der Waals surface area contributed by atoms with Crippen LogP contribution in [0.5, 0.6) is 0 Å².